The van der Waals surface area contributed by atoms with Crippen LogP contribution >= 0.6 is 11.3 Å². The normalized spacial score (nSPS) is 12.1. The van der Waals surface area contributed by atoms with Crippen molar-refractivity contribution in [1.82, 2.24) is 9.97 Å². The molecule has 0 amide bonds. The van der Waals surface area contributed by atoms with Gasteiger partial charge in [-0.3, -0.25) is 0 Å². The highest BCUT2D eigenvalue weighted by atomic mass is 32.1. The number of benzene rings is 1. The fourth-order valence-electron chi connectivity index (χ4n) is 2.33. The van der Waals surface area contributed by atoms with Crippen LogP contribution in [0, 0.1) is 6.92 Å². The predicted octanol–water partition coefficient (Wildman–Crippen LogP) is 5.47. The van der Waals surface area contributed by atoms with Crippen LogP contribution in [0.25, 0.3) is 21.5 Å². The van der Waals surface area contributed by atoms with Crippen molar-refractivity contribution in [2.45, 2.75) is 33.1 Å². The summed E-state index contributed by atoms with van der Waals surface area (Å²) in [7, 11) is 0. The molecule has 0 bridgehead atoms. The number of fused-ring (bicyclic) bond motifs is 1. The molecule has 0 aliphatic heterocycles. The monoisotopic (exact) mass is 352 g/mol. The number of alkyl halides is 3. The molecule has 7 heteroatoms. The highest BCUT2D eigenvalue weighted by Crippen LogP contribution is 2.37. The molecule has 126 valence electrons. The summed E-state index contributed by atoms with van der Waals surface area (Å²) in [6.07, 6.45) is -4.53. The quantitative estimate of drug-likeness (QED) is 0.627. The van der Waals surface area contributed by atoms with E-state index < -0.39 is 11.7 Å². The maximum absolute atomic E-state index is 13.0. The van der Waals surface area contributed by atoms with Gasteiger partial charge in [0.15, 0.2) is 0 Å². The molecule has 3 aromatic rings. The maximum atomic E-state index is 13.0. The number of aromatic nitrogens is 2. The molecule has 0 radical (unpaired) electrons. The smallest absolute Gasteiger partial charge is 0.416 e. The average molecular weight is 352 g/mol. The van der Waals surface area contributed by atoms with Crippen LogP contribution in [0.3, 0.4) is 0 Å². The van der Waals surface area contributed by atoms with E-state index in [0.717, 1.165) is 21.7 Å². The zero-order chi connectivity index (χ0) is 17.5. The SMILES string of the molecule is Cc1cc2nc(OC(C)C)nc(-c3cccc(C(F)(F)F)c3)c2s1. The molecule has 2 aromatic heterocycles. The van der Waals surface area contributed by atoms with Crippen molar-refractivity contribution in [2.24, 2.45) is 0 Å². The largest absolute Gasteiger partial charge is 0.461 e. The van der Waals surface area contributed by atoms with Gasteiger partial charge in [-0.2, -0.15) is 23.1 Å². The first kappa shape index (κ1) is 16.7. The third-order valence-corrected chi connectivity index (χ3v) is 4.33. The summed E-state index contributed by atoms with van der Waals surface area (Å²) in [4.78, 5) is 9.71. The van der Waals surface area contributed by atoms with E-state index in [0.29, 0.717) is 16.8 Å². The van der Waals surface area contributed by atoms with Crippen molar-refractivity contribution >= 4 is 21.6 Å². The lowest BCUT2D eigenvalue weighted by Gasteiger charge is -2.11. The summed E-state index contributed by atoms with van der Waals surface area (Å²) < 4.78 is 45.3. The summed E-state index contributed by atoms with van der Waals surface area (Å²) >= 11 is 1.45. The summed E-state index contributed by atoms with van der Waals surface area (Å²) in [5, 5.41) is 0. The standard InChI is InChI=1S/C17H15F3N2OS/c1-9(2)23-16-21-13-7-10(3)24-15(13)14(22-16)11-5-4-6-12(8-11)17(18,19)20/h4-9H,1-3H3. The third-order valence-electron chi connectivity index (χ3n) is 3.28. The third kappa shape index (κ3) is 3.36. The topological polar surface area (TPSA) is 35.0 Å². The molecule has 3 nitrogen and oxygen atoms in total. The van der Waals surface area contributed by atoms with Crippen molar-refractivity contribution in [3.8, 4) is 17.3 Å². The molecular formula is C17H15F3N2OS. The van der Waals surface area contributed by atoms with E-state index in [4.69, 9.17) is 4.74 Å². The number of hydrogen-bond donors (Lipinski definition) is 0. The zero-order valence-electron chi connectivity index (χ0n) is 13.3. The molecule has 0 spiro atoms. The minimum atomic E-state index is -4.40. The Kier molecular flexibility index (Phi) is 4.21. The molecule has 0 aliphatic carbocycles. The van der Waals surface area contributed by atoms with Gasteiger partial charge in [-0.15, -0.1) is 11.3 Å². The van der Waals surface area contributed by atoms with Gasteiger partial charge in [0.1, 0.15) is 0 Å². The van der Waals surface area contributed by atoms with E-state index in [2.05, 4.69) is 9.97 Å². The first-order valence-electron chi connectivity index (χ1n) is 7.36. The van der Waals surface area contributed by atoms with E-state index in [-0.39, 0.29) is 12.1 Å². The van der Waals surface area contributed by atoms with Crippen molar-refractivity contribution < 1.29 is 17.9 Å². The van der Waals surface area contributed by atoms with Crippen LogP contribution in [0.5, 0.6) is 6.01 Å². The fourth-order valence-corrected chi connectivity index (χ4v) is 3.29. The van der Waals surface area contributed by atoms with Crippen LogP contribution in [0.2, 0.25) is 0 Å². The van der Waals surface area contributed by atoms with Crippen molar-refractivity contribution in [1.29, 1.82) is 0 Å². The molecule has 0 N–H and O–H groups in total. The average Bonchev–Trinajstić information content (AvgIpc) is 2.85. The summed E-state index contributed by atoms with van der Waals surface area (Å²) in [5.41, 5.74) is 0.828. The maximum Gasteiger partial charge on any atom is 0.416 e. The van der Waals surface area contributed by atoms with Gasteiger partial charge in [-0.05, 0) is 39.0 Å². The van der Waals surface area contributed by atoms with Gasteiger partial charge in [-0.25, -0.2) is 0 Å². The second-order valence-electron chi connectivity index (χ2n) is 5.67. The Morgan fingerprint density at radius 1 is 1.12 bits per heavy atom. The lowest BCUT2D eigenvalue weighted by Crippen LogP contribution is -2.09. The van der Waals surface area contributed by atoms with Crippen molar-refractivity contribution in [2.75, 3.05) is 0 Å². The van der Waals surface area contributed by atoms with Gasteiger partial charge in [0, 0.05) is 10.4 Å². The Bertz CT molecular complexity index is 887. The van der Waals surface area contributed by atoms with E-state index in [1.807, 2.05) is 26.8 Å². The Morgan fingerprint density at radius 2 is 1.88 bits per heavy atom. The van der Waals surface area contributed by atoms with E-state index in [9.17, 15) is 13.2 Å². The van der Waals surface area contributed by atoms with Crippen LogP contribution in [0.1, 0.15) is 24.3 Å². The molecule has 1 aromatic carbocycles. The number of aryl methyl sites for hydroxylation is 1. The second-order valence-corrected chi connectivity index (χ2v) is 6.93. The molecule has 0 saturated carbocycles. The fraction of sp³-hybridized carbons (Fsp3) is 0.294. The van der Waals surface area contributed by atoms with Crippen molar-refractivity contribution in [3.63, 3.8) is 0 Å². The minimum absolute atomic E-state index is 0.128. The Morgan fingerprint density at radius 3 is 2.54 bits per heavy atom. The molecule has 0 fully saturated rings. The van der Waals surface area contributed by atoms with Gasteiger partial charge in [-0.1, -0.05) is 12.1 Å². The Labute approximate surface area is 141 Å². The van der Waals surface area contributed by atoms with Crippen LogP contribution in [-0.4, -0.2) is 16.1 Å². The van der Waals surface area contributed by atoms with Crippen LogP contribution in [0.4, 0.5) is 13.2 Å². The molecule has 0 atom stereocenters. The first-order chi connectivity index (χ1) is 11.2. The van der Waals surface area contributed by atoms with Gasteiger partial charge in [0.05, 0.1) is 27.6 Å². The molecular weight excluding hydrogens is 337 g/mol. The molecule has 0 aliphatic rings. The molecule has 0 unspecified atom stereocenters. The highest BCUT2D eigenvalue weighted by molar-refractivity contribution is 7.19. The predicted molar refractivity (Wildman–Crippen MR) is 88.4 cm³/mol. The lowest BCUT2D eigenvalue weighted by molar-refractivity contribution is -0.137. The van der Waals surface area contributed by atoms with Crippen LogP contribution < -0.4 is 4.74 Å². The summed E-state index contributed by atoms with van der Waals surface area (Å²) in [6.45, 7) is 5.61. The minimum Gasteiger partial charge on any atom is -0.461 e. The number of hydrogen-bond acceptors (Lipinski definition) is 4. The van der Waals surface area contributed by atoms with E-state index in [1.165, 1.54) is 17.4 Å². The zero-order valence-corrected chi connectivity index (χ0v) is 14.1. The number of thiophene rings is 1. The highest BCUT2D eigenvalue weighted by Gasteiger charge is 2.30. The lowest BCUT2D eigenvalue weighted by atomic mass is 10.1. The van der Waals surface area contributed by atoms with Gasteiger partial charge >= 0.3 is 12.2 Å². The molecule has 3 rings (SSSR count). The molecule has 0 saturated heterocycles. The van der Waals surface area contributed by atoms with Gasteiger partial charge < -0.3 is 4.74 Å². The number of rotatable bonds is 3. The van der Waals surface area contributed by atoms with E-state index >= 15 is 0 Å². The van der Waals surface area contributed by atoms with E-state index in [1.54, 1.807) is 6.07 Å². The van der Waals surface area contributed by atoms with Gasteiger partial charge in [0.2, 0.25) is 0 Å². The number of halogens is 3. The van der Waals surface area contributed by atoms with Crippen molar-refractivity contribution in [3.05, 3.63) is 40.8 Å². The second kappa shape index (κ2) is 6.05. The Balaban J connectivity index is 2.20. The Hall–Kier alpha value is -2.15. The van der Waals surface area contributed by atoms with Crippen LogP contribution in [-0.2, 0) is 6.18 Å². The summed E-state index contributed by atoms with van der Waals surface area (Å²) in [5.74, 6) is 0. The molecule has 2 heterocycles. The van der Waals surface area contributed by atoms with Crippen LogP contribution in [0.15, 0.2) is 30.3 Å². The number of ether oxygens (including phenoxy) is 1. The molecule has 24 heavy (non-hydrogen) atoms. The number of nitrogens with zero attached hydrogens (tertiary/aromatic N) is 2. The first-order valence-corrected chi connectivity index (χ1v) is 8.18. The van der Waals surface area contributed by atoms with Gasteiger partial charge in [0.25, 0.3) is 0 Å². The summed E-state index contributed by atoms with van der Waals surface area (Å²) in [6, 6.07) is 7.21.